The molecule has 0 saturated carbocycles. The molecule has 1 unspecified atom stereocenters. The highest BCUT2D eigenvalue weighted by Crippen LogP contribution is 2.33. The first-order valence-corrected chi connectivity index (χ1v) is 14.2. The van der Waals surface area contributed by atoms with Gasteiger partial charge in [-0.05, 0) is 43.3 Å². The topological polar surface area (TPSA) is 133 Å². The first kappa shape index (κ1) is 26.2. The molecule has 200 valence electrons. The van der Waals surface area contributed by atoms with Gasteiger partial charge in [0.15, 0.2) is 22.7 Å². The van der Waals surface area contributed by atoms with Gasteiger partial charge < -0.3 is 14.2 Å². The molecular formula is C27H23N3O7S2. The van der Waals surface area contributed by atoms with Crippen LogP contribution in [0.15, 0.2) is 83.1 Å². The number of thiazole rings is 1. The summed E-state index contributed by atoms with van der Waals surface area (Å²) in [6.07, 6.45) is -1.09. The van der Waals surface area contributed by atoms with Gasteiger partial charge in [0.05, 0.1) is 16.2 Å². The van der Waals surface area contributed by atoms with E-state index >= 15 is 0 Å². The van der Waals surface area contributed by atoms with Gasteiger partial charge in [-0.15, -0.1) is 11.3 Å². The third-order valence-electron chi connectivity index (χ3n) is 5.65. The van der Waals surface area contributed by atoms with Gasteiger partial charge >= 0.3 is 5.97 Å². The number of ether oxygens (including phenoxy) is 3. The third-order valence-corrected chi connectivity index (χ3v) is 7.79. The molecule has 1 aromatic heterocycles. The van der Waals surface area contributed by atoms with Crippen LogP contribution < -0.4 is 19.5 Å². The van der Waals surface area contributed by atoms with Gasteiger partial charge in [0.25, 0.3) is 15.9 Å². The predicted octanol–water partition coefficient (Wildman–Crippen LogP) is 4.57. The number of esters is 1. The van der Waals surface area contributed by atoms with Gasteiger partial charge in [0, 0.05) is 22.7 Å². The van der Waals surface area contributed by atoms with Crippen LogP contribution in [0.5, 0.6) is 11.5 Å². The van der Waals surface area contributed by atoms with Crippen molar-refractivity contribution < 1.29 is 32.2 Å². The Morgan fingerprint density at radius 2 is 1.69 bits per heavy atom. The number of carbonyl (C=O) groups is 2. The van der Waals surface area contributed by atoms with E-state index < -0.39 is 28.0 Å². The summed E-state index contributed by atoms with van der Waals surface area (Å²) in [4.78, 5) is 29.5. The standard InChI is InChI=1S/C27H23N3O7S2/c1-17(25(31)29-27-28-22(16-38-27)18-5-3-2-4-6-18)37-26(32)19-7-9-20(10-8-19)30-39(33,34)21-11-12-23-24(15-21)36-14-13-35-23/h2-12,15-17,30H,13-14H2,1H3,(H,28,29,31). The van der Waals surface area contributed by atoms with E-state index in [0.29, 0.717) is 29.8 Å². The van der Waals surface area contributed by atoms with Gasteiger partial charge in [0.1, 0.15) is 13.2 Å². The highest BCUT2D eigenvalue weighted by Gasteiger charge is 2.22. The molecule has 10 nitrogen and oxygen atoms in total. The number of sulfonamides is 1. The summed E-state index contributed by atoms with van der Waals surface area (Å²) >= 11 is 1.26. The first-order valence-electron chi connectivity index (χ1n) is 11.8. The first-order chi connectivity index (χ1) is 18.8. The maximum Gasteiger partial charge on any atom is 0.338 e. The van der Waals surface area contributed by atoms with Crippen LogP contribution in [0.2, 0.25) is 0 Å². The number of fused-ring (bicyclic) bond motifs is 1. The zero-order chi connectivity index (χ0) is 27.4. The second-order valence-electron chi connectivity index (χ2n) is 8.43. The van der Waals surface area contributed by atoms with Crippen LogP contribution in [0.25, 0.3) is 11.3 Å². The van der Waals surface area contributed by atoms with Crippen LogP contribution in [-0.2, 0) is 19.6 Å². The fourth-order valence-corrected chi connectivity index (χ4v) is 5.44. The summed E-state index contributed by atoms with van der Waals surface area (Å²) in [6, 6.07) is 19.6. The number of benzene rings is 3. The molecule has 0 spiro atoms. The fraction of sp³-hybridized carbons (Fsp3) is 0.148. The van der Waals surface area contributed by atoms with Crippen molar-refractivity contribution in [3.05, 3.63) is 83.7 Å². The molecule has 4 aromatic rings. The summed E-state index contributed by atoms with van der Waals surface area (Å²) in [6.45, 7) is 2.19. The zero-order valence-corrected chi connectivity index (χ0v) is 22.3. The lowest BCUT2D eigenvalue weighted by atomic mass is 10.2. The molecular weight excluding hydrogens is 542 g/mol. The number of hydrogen-bond acceptors (Lipinski definition) is 9. The Hall–Kier alpha value is -4.42. The van der Waals surface area contributed by atoms with E-state index in [9.17, 15) is 18.0 Å². The normalized spacial score (nSPS) is 13.3. The minimum atomic E-state index is -3.92. The van der Waals surface area contributed by atoms with Gasteiger partial charge in [-0.25, -0.2) is 18.2 Å². The fourth-order valence-electron chi connectivity index (χ4n) is 3.64. The monoisotopic (exact) mass is 565 g/mol. The summed E-state index contributed by atoms with van der Waals surface area (Å²) in [5, 5.41) is 4.87. The summed E-state index contributed by atoms with van der Waals surface area (Å²) in [7, 11) is -3.92. The molecule has 1 atom stereocenters. The van der Waals surface area contributed by atoms with Crippen LogP contribution in [-0.4, -0.2) is 44.6 Å². The molecule has 1 aliphatic rings. The lowest BCUT2D eigenvalue weighted by Crippen LogP contribution is -2.30. The molecule has 2 N–H and O–H groups in total. The van der Waals surface area contributed by atoms with Crippen molar-refractivity contribution in [1.82, 2.24) is 4.98 Å². The highest BCUT2D eigenvalue weighted by molar-refractivity contribution is 7.92. The predicted molar refractivity (Wildman–Crippen MR) is 146 cm³/mol. The highest BCUT2D eigenvalue weighted by atomic mass is 32.2. The minimum Gasteiger partial charge on any atom is -0.486 e. The van der Waals surface area contributed by atoms with Crippen LogP contribution in [0, 0.1) is 0 Å². The van der Waals surface area contributed by atoms with Gasteiger partial charge in [-0.2, -0.15) is 0 Å². The van der Waals surface area contributed by atoms with Crippen LogP contribution >= 0.6 is 11.3 Å². The van der Waals surface area contributed by atoms with Crippen LogP contribution in [0.1, 0.15) is 17.3 Å². The molecule has 0 saturated heterocycles. The summed E-state index contributed by atoms with van der Waals surface area (Å²) < 4.78 is 44.2. The number of nitrogens with one attached hydrogen (secondary N) is 2. The molecule has 5 rings (SSSR count). The van der Waals surface area contributed by atoms with Gasteiger partial charge in [-0.1, -0.05) is 30.3 Å². The molecule has 0 fully saturated rings. The number of carbonyl (C=O) groups excluding carboxylic acids is 2. The Bertz CT molecular complexity index is 1600. The Labute approximate surface area is 228 Å². The van der Waals surface area contributed by atoms with E-state index in [4.69, 9.17) is 14.2 Å². The molecule has 1 aliphatic heterocycles. The van der Waals surface area contributed by atoms with Crippen molar-refractivity contribution in [3.63, 3.8) is 0 Å². The third kappa shape index (κ3) is 6.19. The Morgan fingerprint density at radius 1 is 0.974 bits per heavy atom. The molecule has 39 heavy (non-hydrogen) atoms. The number of hydrogen-bond donors (Lipinski definition) is 2. The van der Waals surface area contributed by atoms with Gasteiger partial charge in [0.2, 0.25) is 0 Å². The Kier molecular flexibility index (Phi) is 7.48. The van der Waals surface area contributed by atoms with Crippen molar-refractivity contribution in [2.75, 3.05) is 23.3 Å². The maximum absolute atomic E-state index is 12.8. The van der Waals surface area contributed by atoms with Crippen molar-refractivity contribution >= 4 is 44.1 Å². The largest absolute Gasteiger partial charge is 0.486 e. The minimum absolute atomic E-state index is 0.00573. The second kappa shape index (κ2) is 11.1. The lowest BCUT2D eigenvalue weighted by molar-refractivity contribution is -0.123. The molecule has 0 aliphatic carbocycles. The average Bonchev–Trinajstić information content (AvgIpc) is 3.42. The van der Waals surface area contributed by atoms with Crippen molar-refractivity contribution in [2.24, 2.45) is 0 Å². The molecule has 0 radical (unpaired) electrons. The van der Waals surface area contributed by atoms with Crippen LogP contribution in [0.4, 0.5) is 10.8 Å². The van der Waals surface area contributed by atoms with E-state index in [0.717, 1.165) is 11.3 Å². The number of rotatable bonds is 8. The molecule has 3 aromatic carbocycles. The number of aromatic nitrogens is 1. The summed E-state index contributed by atoms with van der Waals surface area (Å²) in [5.41, 5.74) is 2.04. The van der Waals surface area contributed by atoms with E-state index in [1.54, 1.807) is 0 Å². The van der Waals surface area contributed by atoms with Crippen molar-refractivity contribution in [3.8, 4) is 22.8 Å². The Balaban J connectivity index is 1.17. The van der Waals surface area contributed by atoms with Crippen LogP contribution in [0.3, 0.4) is 0 Å². The SMILES string of the molecule is CC(OC(=O)c1ccc(NS(=O)(=O)c2ccc3c(c2)OCCO3)cc1)C(=O)Nc1nc(-c2ccccc2)cs1. The molecule has 0 bridgehead atoms. The van der Waals surface area contributed by atoms with E-state index in [2.05, 4.69) is 15.0 Å². The summed E-state index contributed by atoms with van der Waals surface area (Å²) in [5.74, 6) is -0.425. The van der Waals surface area contributed by atoms with Crippen molar-refractivity contribution in [2.45, 2.75) is 17.9 Å². The lowest BCUT2D eigenvalue weighted by Gasteiger charge is -2.19. The molecule has 12 heteroatoms. The quantitative estimate of drug-likeness (QED) is 0.297. The van der Waals surface area contributed by atoms with E-state index in [1.807, 2.05) is 35.7 Å². The molecule has 1 amide bonds. The number of nitrogens with zero attached hydrogens (tertiary/aromatic N) is 1. The average molecular weight is 566 g/mol. The number of amides is 1. The zero-order valence-electron chi connectivity index (χ0n) is 20.6. The van der Waals surface area contributed by atoms with E-state index in [1.165, 1.54) is 60.7 Å². The van der Waals surface area contributed by atoms with E-state index in [-0.39, 0.29) is 16.1 Å². The number of anilines is 2. The maximum atomic E-state index is 12.8. The van der Waals surface area contributed by atoms with Crippen molar-refractivity contribution in [1.29, 1.82) is 0 Å². The second-order valence-corrected chi connectivity index (χ2v) is 11.0. The smallest absolute Gasteiger partial charge is 0.338 e. The Morgan fingerprint density at radius 3 is 2.44 bits per heavy atom. The molecule has 2 heterocycles. The van der Waals surface area contributed by atoms with Gasteiger partial charge in [-0.3, -0.25) is 14.8 Å².